The van der Waals surface area contributed by atoms with Crippen molar-refractivity contribution in [2.24, 2.45) is 11.8 Å². The van der Waals surface area contributed by atoms with Gasteiger partial charge in [0.1, 0.15) is 0 Å². The Morgan fingerprint density at radius 3 is 2.56 bits per heavy atom. The number of hydrogen-bond acceptors (Lipinski definition) is 2. The largest absolute Gasteiger partial charge is 0.349 e. The standard InChI is InChI=1S/C12H12Br2N2O.ClH/c13-6-1-2-7(10(14)3-6)12(17)16-11-8-4-15-5-9(8)11;/h1-3,8-9,11,15H,4-5H2,(H,16,17);1H. The van der Waals surface area contributed by atoms with Gasteiger partial charge >= 0.3 is 0 Å². The van der Waals surface area contributed by atoms with E-state index >= 15 is 0 Å². The van der Waals surface area contributed by atoms with E-state index in [1.807, 2.05) is 18.2 Å². The topological polar surface area (TPSA) is 41.1 Å². The Labute approximate surface area is 129 Å². The lowest BCUT2D eigenvalue weighted by Crippen LogP contribution is -2.32. The monoisotopic (exact) mass is 394 g/mol. The summed E-state index contributed by atoms with van der Waals surface area (Å²) in [6.07, 6.45) is 0. The summed E-state index contributed by atoms with van der Waals surface area (Å²) >= 11 is 6.79. The minimum atomic E-state index is 0. The van der Waals surface area contributed by atoms with Gasteiger partial charge in [0.15, 0.2) is 0 Å². The highest BCUT2D eigenvalue weighted by Gasteiger charge is 2.53. The molecule has 18 heavy (non-hydrogen) atoms. The van der Waals surface area contributed by atoms with Gasteiger partial charge in [0.2, 0.25) is 0 Å². The second-order valence-corrected chi connectivity index (χ2v) is 6.38. The van der Waals surface area contributed by atoms with Crippen LogP contribution in [0.5, 0.6) is 0 Å². The molecule has 2 atom stereocenters. The number of carbonyl (C=O) groups is 1. The Morgan fingerprint density at radius 1 is 1.28 bits per heavy atom. The van der Waals surface area contributed by atoms with E-state index in [0.29, 0.717) is 23.4 Å². The van der Waals surface area contributed by atoms with Crippen molar-refractivity contribution in [3.8, 4) is 0 Å². The van der Waals surface area contributed by atoms with Gasteiger partial charge in [0, 0.05) is 28.1 Å². The van der Waals surface area contributed by atoms with Crippen molar-refractivity contribution in [1.82, 2.24) is 10.6 Å². The second-order valence-electron chi connectivity index (χ2n) is 4.61. The molecule has 6 heteroatoms. The zero-order valence-corrected chi connectivity index (χ0v) is 13.4. The molecule has 98 valence electrons. The number of fused-ring (bicyclic) bond motifs is 1. The molecule has 0 radical (unpaired) electrons. The van der Waals surface area contributed by atoms with E-state index in [1.165, 1.54) is 0 Å². The molecule has 0 bridgehead atoms. The van der Waals surface area contributed by atoms with Crippen LogP contribution in [0.4, 0.5) is 0 Å². The molecule has 0 aromatic heterocycles. The summed E-state index contributed by atoms with van der Waals surface area (Å²) in [7, 11) is 0. The summed E-state index contributed by atoms with van der Waals surface area (Å²) in [5.74, 6) is 1.31. The molecule has 2 N–H and O–H groups in total. The van der Waals surface area contributed by atoms with E-state index in [4.69, 9.17) is 0 Å². The third kappa shape index (κ3) is 2.59. The van der Waals surface area contributed by atoms with Crippen LogP contribution in [0, 0.1) is 11.8 Å². The summed E-state index contributed by atoms with van der Waals surface area (Å²) in [6, 6.07) is 5.98. The predicted octanol–water partition coefficient (Wildman–Crippen LogP) is 2.58. The molecule has 1 aliphatic carbocycles. The van der Waals surface area contributed by atoms with E-state index in [-0.39, 0.29) is 18.3 Å². The maximum atomic E-state index is 12.1. The van der Waals surface area contributed by atoms with Crippen LogP contribution in [0.15, 0.2) is 27.1 Å². The number of carbonyl (C=O) groups excluding carboxylic acids is 1. The lowest BCUT2D eigenvalue weighted by atomic mass is 10.2. The summed E-state index contributed by atoms with van der Waals surface area (Å²) in [6.45, 7) is 2.08. The van der Waals surface area contributed by atoms with Crippen molar-refractivity contribution < 1.29 is 4.79 Å². The molecular weight excluding hydrogens is 383 g/mol. The number of amides is 1. The van der Waals surface area contributed by atoms with Crippen LogP contribution in [0.3, 0.4) is 0 Å². The van der Waals surface area contributed by atoms with Crippen molar-refractivity contribution >= 4 is 50.2 Å². The Bertz CT molecular complexity index is 473. The maximum Gasteiger partial charge on any atom is 0.252 e. The third-order valence-electron chi connectivity index (χ3n) is 3.57. The molecule has 1 aliphatic heterocycles. The van der Waals surface area contributed by atoms with Gasteiger partial charge in [0.25, 0.3) is 5.91 Å². The summed E-state index contributed by atoms with van der Waals surface area (Å²) in [4.78, 5) is 12.1. The van der Waals surface area contributed by atoms with E-state index in [2.05, 4.69) is 42.5 Å². The number of halogens is 3. The predicted molar refractivity (Wildman–Crippen MR) is 80.2 cm³/mol. The van der Waals surface area contributed by atoms with Gasteiger partial charge in [-0.3, -0.25) is 4.79 Å². The number of benzene rings is 1. The SMILES string of the molecule is Cl.O=C(NC1C2CNCC21)c1ccc(Br)cc1Br. The fourth-order valence-electron chi connectivity index (χ4n) is 2.54. The quantitative estimate of drug-likeness (QED) is 0.807. The van der Waals surface area contributed by atoms with Gasteiger partial charge in [-0.15, -0.1) is 12.4 Å². The smallest absolute Gasteiger partial charge is 0.252 e. The number of nitrogens with one attached hydrogen (secondary N) is 2. The zero-order chi connectivity index (χ0) is 12.0. The van der Waals surface area contributed by atoms with Gasteiger partial charge in [-0.05, 0) is 46.0 Å². The molecule has 3 rings (SSSR count). The number of piperidine rings is 1. The minimum Gasteiger partial charge on any atom is -0.349 e. The van der Waals surface area contributed by atoms with E-state index in [1.54, 1.807) is 0 Å². The van der Waals surface area contributed by atoms with Crippen molar-refractivity contribution in [1.29, 1.82) is 0 Å². The number of rotatable bonds is 2. The molecule has 1 aromatic rings. The van der Waals surface area contributed by atoms with Gasteiger partial charge in [0.05, 0.1) is 5.56 Å². The number of hydrogen-bond donors (Lipinski definition) is 2. The summed E-state index contributed by atoms with van der Waals surface area (Å²) in [5, 5.41) is 6.43. The van der Waals surface area contributed by atoms with Crippen LogP contribution >= 0.6 is 44.3 Å². The maximum absolute atomic E-state index is 12.1. The average Bonchev–Trinajstić information content (AvgIpc) is 2.74. The van der Waals surface area contributed by atoms with E-state index < -0.39 is 0 Å². The Balaban J connectivity index is 0.00000120. The molecule has 1 aromatic carbocycles. The Morgan fingerprint density at radius 2 is 1.94 bits per heavy atom. The molecule has 2 unspecified atom stereocenters. The summed E-state index contributed by atoms with van der Waals surface area (Å²) < 4.78 is 1.79. The summed E-state index contributed by atoms with van der Waals surface area (Å²) in [5.41, 5.74) is 0.700. The van der Waals surface area contributed by atoms with Crippen molar-refractivity contribution in [2.75, 3.05) is 13.1 Å². The second kappa shape index (κ2) is 5.49. The lowest BCUT2D eigenvalue weighted by molar-refractivity contribution is 0.0946. The Hall–Kier alpha value is -0.100. The molecular formula is C12H13Br2ClN2O. The molecule has 2 aliphatic rings. The van der Waals surface area contributed by atoms with Gasteiger partial charge in [-0.25, -0.2) is 0 Å². The first-order valence-electron chi connectivity index (χ1n) is 5.63. The van der Waals surface area contributed by atoms with Gasteiger partial charge < -0.3 is 10.6 Å². The first-order chi connectivity index (χ1) is 8.16. The molecule has 3 nitrogen and oxygen atoms in total. The highest BCUT2D eigenvalue weighted by atomic mass is 79.9. The van der Waals surface area contributed by atoms with Crippen LogP contribution in [0.1, 0.15) is 10.4 Å². The van der Waals surface area contributed by atoms with Gasteiger partial charge in [-0.1, -0.05) is 15.9 Å². The van der Waals surface area contributed by atoms with Crippen molar-refractivity contribution in [3.63, 3.8) is 0 Å². The van der Waals surface area contributed by atoms with Crippen LogP contribution in [0.25, 0.3) is 0 Å². The van der Waals surface area contributed by atoms with Crippen LogP contribution in [0.2, 0.25) is 0 Å². The minimum absolute atomic E-state index is 0. The highest BCUT2D eigenvalue weighted by molar-refractivity contribution is 9.11. The molecule has 1 amide bonds. The molecule has 0 spiro atoms. The molecule has 2 fully saturated rings. The highest BCUT2D eigenvalue weighted by Crippen LogP contribution is 2.41. The fraction of sp³-hybridized carbons (Fsp3) is 0.417. The van der Waals surface area contributed by atoms with Gasteiger partial charge in [-0.2, -0.15) is 0 Å². The fourth-order valence-corrected chi connectivity index (χ4v) is 3.76. The Kier molecular flexibility index (Phi) is 4.36. The lowest BCUT2D eigenvalue weighted by Gasteiger charge is -2.09. The molecule has 1 heterocycles. The zero-order valence-electron chi connectivity index (χ0n) is 9.45. The van der Waals surface area contributed by atoms with Crippen molar-refractivity contribution in [3.05, 3.63) is 32.7 Å². The third-order valence-corrected chi connectivity index (χ3v) is 4.71. The molecule has 1 saturated heterocycles. The van der Waals surface area contributed by atoms with E-state index in [9.17, 15) is 4.79 Å². The first-order valence-corrected chi connectivity index (χ1v) is 7.22. The normalized spacial score (nSPS) is 28.2. The van der Waals surface area contributed by atoms with E-state index in [0.717, 1.165) is 22.0 Å². The average molecular weight is 397 g/mol. The first kappa shape index (κ1) is 14.3. The van der Waals surface area contributed by atoms with Crippen molar-refractivity contribution in [2.45, 2.75) is 6.04 Å². The van der Waals surface area contributed by atoms with Crippen LogP contribution < -0.4 is 10.6 Å². The van der Waals surface area contributed by atoms with Crippen LogP contribution in [-0.2, 0) is 0 Å². The molecule has 1 saturated carbocycles. The van der Waals surface area contributed by atoms with Crippen LogP contribution in [-0.4, -0.2) is 25.0 Å².